The average Bonchev–Trinajstić information content (AvgIpc) is 2.60. The van der Waals surface area contributed by atoms with Crippen LogP contribution in [0.2, 0.25) is 0 Å². The second kappa shape index (κ2) is 7.98. The molecular weight excluding hydrogens is 334 g/mol. The summed E-state index contributed by atoms with van der Waals surface area (Å²) in [6.45, 7) is 8.79. The third-order valence-electron chi connectivity index (χ3n) is 4.54. The Labute approximate surface area is 162 Å². The first-order chi connectivity index (χ1) is 12.8. The third-order valence-corrected chi connectivity index (χ3v) is 4.54. The molecule has 0 bridgehead atoms. The molecule has 1 heterocycles. The zero-order chi connectivity index (χ0) is 19.4. The van der Waals surface area contributed by atoms with Gasteiger partial charge in [0.15, 0.2) is 0 Å². The molecule has 0 saturated heterocycles. The number of carbonyl (C=O) groups excluding carboxylic acids is 1. The van der Waals surface area contributed by atoms with Gasteiger partial charge in [-0.1, -0.05) is 53.8 Å². The minimum atomic E-state index is -0.478. The van der Waals surface area contributed by atoms with Gasteiger partial charge >= 0.3 is 5.97 Å². The Morgan fingerprint density at radius 1 is 1.15 bits per heavy atom. The molecule has 0 N–H and O–H groups in total. The number of esters is 1. The number of hydrogen-bond acceptors (Lipinski definition) is 3. The lowest BCUT2D eigenvalue weighted by Crippen LogP contribution is -2.40. The van der Waals surface area contributed by atoms with Gasteiger partial charge in [-0.15, -0.1) is 0 Å². The molecule has 0 radical (unpaired) electrons. The van der Waals surface area contributed by atoms with Gasteiger partial charge in [-0.2, -0.15) is 0 Å². The van der Waals surface area contributed by atoms with E-state index in [1.807, 2.05) is 39.0 Å². The molecule has 2 aromatic rings. The molecule has 3 rings (SSSR count). The second-order valence-corrected chi connectivity index (χ2v) is 8.04. The molecule has 2 aromatic carbocycles. The number of fused-ring (bicyclic) bond motifs is 1. The van der Waals surface area contributed by atoms with Crippen molar-refractivity contribution >= 4 is 5.97 Å². The van der Waals surface area contributed by atoms with Crippen LogP contribution in [-0.2, 0) is 16.0 Å². The fraction of sp³-hybridized carbons (Fsp3) is 0.375. The van der Waals surface area contributed by atoms with Crippen LogP contribution in [0.1, 0.15) is 49.1 Å². The Kier molecular flexibility index (Phi) is 5.68. The molecule has 0 amide bonds. The van der Waals surface area contributed by atoms with Crippen LogP contribution in [-0.4, -0.2) is 29.6 Å². The lowest BCUT2D eigenvalue weighted by Gasteiger charge is -2.34. The van der Waals surface area contributed by atoms with E-state index in [4.69, 9.17) is 4.74 Å². The predicted octanol–water partition coefficient (Wildman–Crippen LogP) is 4.29. The van der Waals surface area contributed by atoms with Crippen LogP contribution < -0.4 is 0 Å². The zero-order valence-corrected chi connectivity index (χ0v) is 16.6. The van der Waals surface area contributed by atoms with Gasteiger partial charge in [-0.25, -0.2) is 0 Å². The maximum absolute atomic E-state index is 12.4. The third kappa shape index (κ3) is 5.21. The Morgan fingerprint density at radius 3 is 2.56 bits per heavy atom. The summed E-state index contributed by atoms with van der Waals surface area (Å²) in [4.78, 5) is 14.5. The van der Waals surface area contributed by atoms with Gasteiger partial charge in [0, 0.05) is 12.1 Å². The summed E-state index contributed by atoms with van der Waals surface area (Å²) >= 11 is 0. The average molecular weight is 361 g/mol. The summed E-state index contributed by atoms with van der Waals surface area (Å²) in [5.41, 5.74) is 4.22. The van der Waals surface area contributed by atoms with E-state index in [-0.39, 0.29) is 18.6 Å². The summed E-state index contributed by atoms with van der Waals surface area (Å²) in [5.74, 6) is 6.49. The number of aryl methyl sites for hydroxylation is 1. The lowest BCUT2D eigenvalue weighted by molar-refractivity contribution is -0.156. The van der Waals surface area contributed by atoms with Crippen molar-refractivity contribution in [3.63, 3.8) is 0 Å². The molecule has 0 aliphatic carbocycles. The minimum absolute atomic E-state index is 0.108. The van der Waals surface area contributed by atoms with Crippen molar-refractivity contribution < 1.29 is 9.53 Å². The smallest absolute Gasteiger partial charge is 0.320 e. The van der Waals surface area contributed by atoms with Gasteiger partial charge in [0.05, 0.1) is 12.6 Å². The molecule has 1 aliphatic rings. The Balaban J connectivity index is 1.87. The maximum Gasteiger partial charge on any atom is 0.320 e. The van der Waals surface area contributed by atoms with Crippen LogP contribution >= 0.6 is 0 Å². The van der Waals surface area contributed by atoms with Crippen molar-refractivity contribution in [1.29, 1.82) is 0 Å². The van der Waals surface area contributed by atoms with Crippen molar-refractivity contribution in [3.8, 4) is 11.8 Å². The summed E-state index contributed by atoms with van der Waals surface area (Å²) < 4.78 is 5.52. The molecule has 27 heavy (non-hydrogen) atoms. The molecule has 1 atom stereocenters. The number of ether oxygens (including phenoxy) is 1. The fourth-order valence-electron chi connectivity index (χ4n) is 3.29. The first kappa shape index (κ1) is 19.2. The van der Waals surface area contributed by atoms with E-state index < -0.39 is 5.60 Å². The highest BCUT2D eigenvalue weighted by molar-refractivity contribution is 5.72. The van der Waals surface area contributed by atoms with Crippen molar-refractivity contribution in [2.75, 3.05) is 13.1 Å². The van der Waals surface area contributed by atoms with Crippen molar-refractivity contribution in [2.24, 2.45) is 0 Å². The summed E-state index contributed by atoms with van der Waals surface area (Å²) in [5, 5.41) is 0. The highest BCUT2D eigenvalue weighted by Gasteiger charge is 2.28. The van der Waals surface area contributed by atoms with E-state index in [1.54, 1.807) is 0 Å². The van der Waals surface area contributed by atoms with E-state index in [0.29, 0.717) is 0 Å². The molecule has 0 fully saturated rings. The van der Waals surface area contributed by atoms with Gasteiger partial charge in [-0.3, -0.25) is 9.69 Å². The molecule has 0 saturated carbocycles. The zero-order valence-electron chi connectivity index (χ0n) is 16.6. The van der Waals surface area contributed by atoms with Crippen LogP contribution in [0.25, 0.3) is 0 Å². The predicted molar refractivity (Wildman–Crippen MR) is 108 cm³/mol. The van der Waals surface area contributed by atoms with E-state index in [0.717, 1.165) is 18.5 Å². The number of nitrogens with zero attached hydrogens (tertiary/aromatic N) is 1. The fourth-order valence-corrected chi connectivity index (χ4v) is 3.29. The molecule has 1 aliphatic heterocycles. The molecule has 0 spiro atoms. The largest absolute Gasteiger partial charge is 0.459 e. The Bertz CT molecular complexity index is 866. The number of hydrogen-bond donors (Lipinski definition) is 0. The quantitative estimate of drug-likeness (QED) is 0.590. The standard InChI is InChI=1S/C24H27NO2/c1-18-9-11-19(12-10-18)13-14-22-21-8-6-5-7-20(21)15-16-25(22)17-23(26)27-24(2,3)4/h5-12,22H,15-17H2,1-4H3. The van der Waals surface area contributed by atoms with Crippen LogP contribution in [0, 0.1) is 18.8 Å². The molecule has 3 nitrogen and oxygen atoms in total. The Hall–Kier alpha value is -2.57. The van der Waals surface area contributed by atoms with Gasteiger partial charge in [0.25, 0.3) is 0 Å². The second-order valence-electron chi connectivity index (χ2n) is 8.04. The first-order valence-corrected chi connectivity index (χ1v) is 9.44. The summed E-state index contributed by atoms with van der Waals surface area (Å²) in [7, 11) is 0. The molecule has 140 valence electrons. The Morgan fingerprint density at radius 2 is 1.85 bits per heavy atom. The van der Waals surface area contributed by atoms with Crippen LogP contribution in [0.3, 0.4) is 0 Å². The van der Waals surface area contributed by atoms with E-state index in [1.165, 1.54) is 16.7 Å². The van der Waals surface area contributed by atoms with Crippen molar-refractivity contribution in [2.45, 2.75) is 45.8 Å². The number of benzene rings is 2. The van der Waals surface area contributed by atoms with E-state index >= 15 is 0 Å². The highest BCUT2D eigenvalue weighted by atomic mass is 16.6. The minimum Gasteiger partial charge on any atom is -0.459 e. The van der Waals surface area contributed by atoms with E-state index in [9.17, 15) is 4.79 Å². The molecule has 0 aromatic heterocycles. The molecular formula is C24H27NO2. The summed E-state index contributed by atoms with van der Waals surface area (Å²) in [6.07, 6.45) is 0.918. The normalized spacial score (nSPS) is 16.8. The van der Waals surface area contributed by atoms with Crippen LogP contribution in [0.4, 0.5) is 0 Å². The summed E-state index contributed by atoms with van der Waals surface area (Å²) in [6, 6.07) is 16.5. The number of rotatable bonds is 2. The lowest BCUT2D eigenvalue weighted by atomic mass is 9.92. The molecule has 3 heteroatoms. The van der Waals surface area contributed by atoms with Crippen LogP contribution in [0.5, 0.6) is 0 Å². The first-order valence-electron chi connectivity index (χ1n) is 9.44. The van der Waals surface area contributed by atoms with Crippen molar-refractivity contribution in [3.05, 3.63) is 70.8 Å². The van der Waals surface area contributed by atoms with Gasteiger partial charge in [0.1, 0.15) is 5.60 Å². The topological polar surface area (TPSA) is 29.5 Å². The molecule has 1 unspecified atom stereocenters. The van der Waals surface area contributed by atoms with Crippen LogP contribution in [0.15, 0.2) is 48.5 Å². The number of carbonyl (C=O) groups is 1. The van der Waals surface area contributed by atoms with Gasteiger partial charge < -0.3 is 4.74 Å². The van der Waals surface area contributed by atoms with Gasteiger partial charge in [0.2, 0.25) is 0 Å². The van der Waals surface area contributed by atoms with E-state index in [2.05, 4.69) is 54.0 Å². The van der Waals surface area contributed by atoms with Crippen molar-refractivity contribution in [1.82, 2.24) is 4.90 Å². The van der Waals surface area contributed by atoms with Gasteiger partial charge in [-0.05, 0) is 57.4 Å². The maximum atomic E-state index is 12.4. The SMILES string of the molecule is Cc1ccc(C#CC2c3ccccc3CCN2CC(=O)OC(C)(C)C)cc1. The highest BCUT2D eigenvalue weighted by Crippen LogP contribution is 2.29. The monoisotopic (exact) mass is 361 g/mol.